The average molecular weight is 349 g/mol. The molecule has 2 heterocycles. The SMILES string of the molecule is C=C.C=Cc1c(C)cccc1-c1ccc(B2OC(C)(C)C(C)(C)O2)cn1. The van der Waals surface area contributed by atoms with Crippen molar-refractivity contribution in [2.75, 3.05) is 0 Å². The summed E-state index contributed by atoms with van der Waals surface area (Å²) in [5, 5.41) is 0. The van der Waals surface area contributed by atoms with Crippen molar-refractivity contribution in [3.63, 3.8) is 0 Å². The van der Waals surface area contributed by atoms with Gasteiger partial charge in [0, 0.05) is 17.2 Å². The van der Waals surface area contributed by atoms with Gasteiger partial charge in [-0.2, -0.15) is 0 Å². The van der Waals surface area contributed by atoms with Crippen molar-refractivity contribution in [3.05, 3.63) is 67.4 Å². The lowest BCUT2D eigenvalue weighted by molar-refractivity contribution is 0.00578. The van der Waals surface area contributed by atoms with Gasteiger partial charge in [0.1, 0.15) is 0 Å². The van der Waals surface area contributed by atoms with Gasteiger partial charge in [-0.05, 0) is 51.8 Å². The number of nitrogens with zero attached hydrogens (tertiary/aromatic N) is 1. The quantitative estimate of drug-likeness (QED) is 0.589. The van der Waals surface area contributed by atoms with Crippen molar-refractivity contribution < 1.29 is 9.31 Å². The second-order valence-electron chi connectivity index (χ2n) is 7.31. The van der Waals surface area contributed by atoms with Gasteiger partial charge < -0.3 is 9.31 Å². The molecule has 1 aromatic heterocycles. The second kappa shape index (κ2) is 7.61. The molecule has 4 heteroatoms. The third-order valence-electron chi connectivity index (χ3n) is 5.12. The molecule has 0 N–H and O–H groups in total. The number of rotatable bonds is 3. The molecule has 2 aromatic rings. The van der Waals surface area contributed by atoms with E-state index in [9.17, 15) is 0 Å². The summed E-state index contributed by atoms with van der Waals surface area (Å²) in [6, 6.07) is 10.2. The molecule has 0 saturated carbocycles. The average Bonchev–Trinajstić information content (AvgIpc) is 2.84. The molecule has 0 unspecified atom stereocenters. The number of benzene rings is 1. The molecular formula is C22H28BNO2. The van der Waals surface area contributed by atoms with E-state index in [0.717, 1.165) is 22.3 Å². The summed E-state index contributed by atoms with van der Waals surface area (Å²) >= 11 is 0. The minimum absolute atomic E-state index is 0.344. The fraction of sp³-hybridized carbons (Fsp3) is 0.318. The van der Waals surface area contributed by atoms with Gasteiger partial charge in [-0.15, -0.1) is 13.2 Å². The number of pyridine rings is 1. The highest BCUT2D eigenvalue weighted by molar-refractivity contribution is 6.62. The second-order valence-corrected chi connectivity index (χ2v) is 7.31. The van der Waals surface area contributed by atoms with Crippen LogP contribution in [-0.2, 0) is 9.31 Å². The van der Waals surface area contributed by atoms with E-state index < -0.39 is 0 Å². The number of aryl methyl sites for hydroxylation is 1. The summed E-state index contributed by atoms with van der Waals surface area (Å²) in [4.78, 5) is 4.63. The van der Waals surface area contributed by atoms with E-state index in [-0.39, 0.29) is 18.3 Å². The Morgan fingerprint density at radius 2 is 1.62 bits per heavy atom. The Morgan fingerprint density at radius 1 is 1.00 bits per heavy atom. The summed E-state index contributed by atoms with van der Waals surface area (Å²) in [6.45, 7) is 20.2. The molecule has 1 saturated heterocycles. The van der Waals surface area contributed by atoms with Crippen LogP contribution in [-0.4, -0.2) is 23.3 Å². The highest BCUT2D eigenvalue weighted by Crippen LogP contribution is 2.36. The van der Waals surface area contributed by atoms with Crippen LogP contribution in [0.5, 0.6) is 0 Å². The van der Waals surface area contributed by atoms with Crippen LogP contribution in [0.15, 0.2) is 56.3 Å². The molecule has 0 bridgehead atoms. The summed E-state index contributed by atoms with van der Waals surface area (Å²) in [5.41, 5.74) is 4.57. The van der Waals surface area contributed by atoms with E-state index in [1.54, 1.807) is 0 Å². The monoisotopic (exact) mass is 349 g/mol. The lowest BCUT2D eigenvalue weighted by Gasteiger charge is -2.32. The Balaban J connectivity index is 0.00000117. The molecule has 1 aliphatic rings. The van der Waals surface area contributed by atoms with Gasteiger partial charge >= 0.3 is 7.12 Å². The highest BCUT2D eigenvalue weighted by Gasteiger charge is 2.51. The van der Waals surface area contributed by atoms with Crippen LogP contribution >= 0.6 is 0 Å². The Kier molecular flexibility index (Phi) is 5.89. The van der Waals surface area contributed by atoms with E-state index in [0.29, 0.717) is 0 Å². The van der Waals surface area contributed by atoms with E-state index in [1.165, 1.54) is 5.56 Å². The van der Waals surface area contributed by atoms with Crippen molar-refractivity contribution in [1.82, 2.24) is 4.98 Å². The van der Waals surface area contributed by atoms with Crippen molar-refractivity contribution in [2.24, 2.45) is 0 Å². The van der Waals surface area contributed by atoms with Crippen LogP contribution in [0.3, 0.4) is 0 Å². The van der Waals surface area contributed by atoms with Crippen molar-refractivity contribution >= 4 is 18.7 Å². The number of hydrogen-bond acceptors (Lipinski definition) is 3. The van der Waals surface area contributed by atoms with Gasteiger partial charge in [-0.1, -0.05) is 36.9 Å². The predicted octanol–water partition coefficient (Wildman–Crippen LogP) is 4.80. The Morgan fingerprint density at radius 3 is 2.12 bits per heavy atom. The van der Waals surface area contributed by atoms with Crippen molar-refractivity contribution in [2.45, 2.75) is 45.8 Å². The van der Waals surface area contributed by atoms with Gasteiger partial charge in [0.05, 0.1) is 16.9 Å². The Hall–Kier alpha value is -2.17. The van der Waals surface area contributed by atoms with Crippen LogP contribution in [0.25, 0.3) is 17.3 Å². The maximum absolute atomic E-state index is 6.08. The molecule has 1 aromatic carbocycles. The molecule has 0 spiro atoms. The first-order chi connectivity index (χ1) is 12.2. The summed E-state index contributed by atoms with van der Waals surface area (Å²) in [5.74, 6) is 0. The zero-order valence-corrected chi connectivity index (χ0v) is 16.5. The third-order valence-corrected chi connectivity index (χ3v) is 5.12. The minimum Gasteiger partial charge on any atom is -0.399 e. The first-order valence-electron chi connectivity index (χ1n) is 8.79. The lowest BCUT2D eigenvalue weighted by Crippen LogP contribution is -2.41. The third kappa shape index (κ3) is 3.67. The molecule has 26 heavy (non-hydrogen) atoms. The fourth-order valence-corrected chi connectivity index (χ4v) is 2.86. The maximum atomic E-state index is 6.08. The van der Waals surface area contributed by atoms with E-state index in [4.69, 9.17) is 9.31 Å². The van der Waals surface area contributed by atoms with Crippen LogP contribution < -0.4 is 5.46 Å². The zero-order chi connectivity index (χ0) is 19.5. The standard InChI is InChI=1S/C20H24BNO2.C2H4/c1-7-16-14(2)9-8-10-17(16)18-12-11-15(13-22-18)21-23-19(3,4)20(5,6)24-21;1-2/h7-13H,1H2,2-6H3;1-2H2. The Bertz CT molecular complexity index is 765. The molecule has 0 amide bonds. The normalized spacial score (nSPS) is 17.3. The molecule has 0 radical (unpaired) electrons. The van der Waals surface area contributed by atoms with Crippen molar-refractivity contribution in [3.8, 4) is 11.3 Å². The van der Waals surface area contributed by atoms with Crippen molar-refractivity contribution in [1.29, 1.82) is 0 Å². The van der Waals surface area contributed by atoms with Gasteiger partial charge in [-0.3, -0.25) is 4.98 Å². The molecule has 1 aliphatic heterocycles. The van der Waals surface area contributed by atoms with Crippen LogP contribution in [0.4, 0.5) is 0 Å². The zero-order valence-electron chi connectivity index (χ0n) is 16.5. The molecular weight excluding hydrogens is 321 g/mol. The molecule has 0 atom stereocenters. The van der Waals surface area contributed by atoms with Gasteiger partial charge in [0.2, 0.25) is 0 Å². The first kappa shape index (κ1) is 20.2. The number of hydrogen-bond donors (Lipinski definition) is 0. The van der Waals surface area contributed by atoms with E-state index in [1.807, 2.05) is 30.5 Å². The number of aromatic nitrogens is 1. The van der Waals surface area contributed by atoms with Gasteiger partial charge in [0.15, 0.2) is 0 Å². The fourth-order valence-electron chi connectivity index (χ4n) is 2.86. The topological polar surface area (TPSA) is 31.4 Å². The molecule has 0 aliphatic carbocycles. The minimum atomic E-state index is -0.382. The maximum Gasteiger partial charge on any atom is 0.496 e. The van der Waals surface area contributed by atoms with Gasteiger partial charge in [-0.25, -0.2) is 0 Å². The molecule has 3 nitrogen and oxygen atoms in total. The predicted molar refractivity (Wildman–Crippen MR) is 111 cm³/mol. The van der Waals surface area contributed by atoms with Crippen LogP contribution in [0.1, 0.15) is 38.8 Å². The highest BCUT2D eigenvalue weighted by atomic mass is 16.7. The largest absolute Gasteiger partial charge is 0.496 e. The molecule has 3 rings (SSSR count). The van der Waals surface area contributed by atoms with E-state index >= 15 is 0 Å². The van der Waals surface area contributed by atoms with Gasteiger partial charge in [0.25, 0.3) is 0 Å². The first-order valence-corrected chi connectivity index (χ1v) is 8.79. The Labute approximate surface area is 157 Å². The molecule has 1 fully saturated rings. The lowest BCUT2D eigenvalue weighted by atomic mass is 9.80. The summed E-state index contributed by atoms with van der Waals surface area (Å²) in [7, 11) is -0.382. The summed E-state index contributed by atoms with van der Waals surface area (Å²) < 4.78 is 12.2. The summed E-state index contributed by atoms with van der Waals surface area (Å²) in [6.07, 6.45) is 3.72. The molecule has 136 valence electrons. The van der Waals surface area contributed by atoms with E-state index in [2.05, 4.69) is 71.5 Å². The van der Waals surface area contributed by atoms with Crippen LogP contribution in [0.2, 0.25) is 0 Å². The smallest absolute Gasteiger partial charge is 0.399 e. The van der Waals surface area contributed by atoms with Crippen LogP contribution in [0, 0.1) is 6.92 Å².